The molecule has 1 heterocycles. The number of hydrogen-bond donors (Lipinski definition) is 1. The summed E-state index contributed by atoms with van der Waals surface area (Å²) in [5.74, 6) is -0.335. The summed E-state index contributed by atoms with van der Waals surface area (Å²) in [6.07, 6.45) is 1.48. The fraction of sp³-hybridized carbons (Fsp3) is 0.188. The van der Waals surface area contributed by atoms with E-state index in [4.69, 9.17) is 9.47 Å². The van der Waals surface area contributed by atoms with Crippen LogP contribution in [0.3, 0.4) is 0 Å². The minimum absolute atomic E-state index is 0.163. The Labute approximate surface area is 128 Å². The van der Waals surface area contributed by atoms with E-state index in [1.54, 1.807) is 36.4 Å². The number of benzene rings is 1. The number of carbonyl (C=O) groups excluding carboxylic acids is 2. The summed E-state index contributed by atoms with van der Waals surface area (Å²) in [6.45, 7) is 2.10. The Bertz CT molecular complexity index is 626. The maximum absolute atomic E-state index is 11.7. The van der Waals surface area contributed by atoms with E-state index >= 15 is 0 Å². The van der Waals surface area contributed by atoms with Gasteiger partial charge < -0.3 is 14.8 Å². The van der Waals surface area contributed by atoms with Crippen molar-refractivity contribution in [2.24, 2.45) is 0 Å². The third-order valence-corrected chi connectivity index (χ3v) is 2.66. The van der Waals surface area contributed by atoms with Crippen LogP contribution in [0.4, 0.5) is 5.69 Å². The summed E-state index contributed by atoms with van der Waals surface area (Å²) in [7, 11) is 0. The van der Waals surface area contributed by atoms with Crippen molar-refractivity contribution in [3.63, 3.8) is 0 Å². The van der Waals surface area contributed by atoms with Crippen LogP contribution in [-0.2, 0) is 9.53 Å². The van der Waals surface area contributed by atoms with Crippen molar-refractivity contribution in [2.45, 2.75) is 6.92 Å². The molecule has 0 saturated carbocycles. The smallest absolute Gasteiger partial charge is 0.357 e. The van der Waals surface area contributed by atoms with Crippen molar-refractivity contribution in [3.05, 3.63) is 54.4 Å². The van der Waals surface area contributed by atoms with Gasteiger partial charge in [-0.2, -0.15) is 0 Å². The molecule has 1 aromatic carbocycles. The zero-order chi connectivity index (χ0) is 15.8. The van der Waals surface area contributed by atoms with Crippen LogP contribution in [-0.4, -0.2) is 30.1 Å². The standard InChI is InChI=1S/C16H16N2O4/c1-2-21-13-8-6-12(7-9-13)18-15(19)11-22-16(20)14-5-3-4-10-17-14/h3-10H,2,11H2,1H3,(H,18,19). The number of hydrogen-bond acceptors (Lipinski definition) is 5. The molecule has 0 aliphatic heterocycles. The van der Waals surface area contributed by atoms with Crippen LogP contribution in [0.5, 0.6) is 5.75 Å². The third kappa shape index (κ3) is 4.59. The summed E-state index contributed by atoms with van der Waals surface area (Å²) < 4.78 is 10.2. The molecule has 0 spiro atoms. The van der Waals surface area contributed by atoms with Crippen LogP contribution in [0.1, 0.15) is 17.4 Å². The normalized spacial score (nSPS) is 9.86. The average Bonchev–Trinajstić information content (AvgIpc) is 2.55. The summed E-state index contributed by atoms with van der Waals surface area (Å²) >= 11 is 0. The lowest BCUT2D eigenvalue weighted by atomic mass is 10.3. The highest BCUT2D eigenvalue weighted by atomic mass is 16.5. The van der Waals surface area contributed by atoms with Gasteiger partial charge in [-0.15, -0.1) is 0 Å². The highest BCUT2D eigenvalue weighted by Gasteiger charge is 2.11. The molecule has 1 N–H and O–H groups in total. The molecular formula is C16H16N2O4. The highest BCUT2D eigenvalue weighted by Crippen LogP contribution is 2.15. The van der Waals surface area contributed by atoms with Gasteiger partial charge in [-0.3, -0.25) is 4.79 Å². The molecule has 0 bridgehead atoms. The van der Waals surface area contributed by atoms with E-state index in [0.717, 1.165) is 5.75 Å². The number of esters is 1. The summed E-state index contributed by atoms with van der Waals surface area (Å²) in [5.41, 5.74) is 0.763. The lowest BCUT2D eigenvalue weighted by Gasteiger charge is -2.07. The van der Waals surface area contributed by atoms with Crippen molar-refractivity contribution in [3.8, 4) is 5.75 Å². The van der Waals surface area contributed by atoms with Crippen molar-refractivity contribution in [2.75, 3.05) is 18.5 Å². The first-order valence-electron chi connectivity index (χ1n) is 6.80. The zero-order valence-electron chi connectivity index (χ0n) is 12.1. The first-order chi connectivity index (χ1) is 10.7. The first kappa shape index (κ1) is 15.5. The number of pyridine rings is 1. The topological polar surface area (TPSA) is 77.5 Å². The van der Waals surface area contributed by atoms with Crippen LogP contribution in [0, 0.1) is 0 Å². The molecule has 22 heavy (non-hydrogen) atoms. The van der Waals surface area contributed by atoms with Crippen molar-refractivity contribution in [1.82, 2.24) is 4.98 Å². The van der Waals surface area contributed by atoms with E-state index in [2.05, 4.69) is 10.3 Å². The Morgan fingerprint density at radius 1 is 1.14 bits per heavy atom. The zero-order valence-corrected chi connectivity index (χ0v) is 12.1. The van der Waals surface area contributed by atoms with Gasteiger partial charge in [0.1, 0.15) is 11.4 Å². The fourth-order valence-electron chi connectivity index (χ4n) is 1.69. The molecule has 1 aromatic heterocycles. The van der Waals surface area contributed by atoms with Gasteiger partial charge in [0, 0.05) is 11.9 Å². The molecule has 6 heteroatoms. The summed E-state index contributed by atoms with van der Waals surface area (Å²) in [6, 6.07) is 11.8. The second kappa shape index (κ2) is 7.78. The number of carbonyl (C=O) groups is 2. The quantitative estimate of drug-likeness (QED) is 0.828. The van der Waals surface area contributed by atoms with Gasteiger partial charge in [-0.1, -0.05) is 6.07 Å². The van der Waals surface area contributed by atoms with Crippen molar-refractivity contribution >= 4 is 17.6 Å². The predicted molar refractivity (Wildman–Crippen MR) is 80.8 cm³/mol. The SMILES string of the molecule is CCOc1ccc(NC(=O)COC(=O)c2ccccn2)cc1. The van der Waals surface area contributed by atoms with E-state index in [9.17, 15) is 9.59 Å². The molecule has 2 rings (SSSR count). The molecule has 114 valence electrons. The van der Waals surface area contributed by atoms with Crippen molar-refractivity contribution < 1.29 is 19.1 Å². The third-order valence-electron chi connectivity index (χ3n) is 2.66. The Morgan fingerprint density at radius 3 is 2.55 bits per heavy atom. The first-order valence-corrected chi connectivity index (χ1v) is 6.80. The van der Waals surface area contributed by atoms with Gasteiger partial charge in [-0.25, -0.2) is 9.78 Å². The van der Waals surface area contributed by atoms with E-state index in [-0.39, 0.29) is 12.3 Å². The van der Waals surface area contributed by atoms with E-state index in [0.29, 0.717) is 12.3 Å². The largest absolute Gasteiger partial charge is 0.494 e. The molecule has 0 fully saturated rings. The Balaban J connectivity index is 1.81. The molecule has 0 aliphatic carbocycles. The molecule has 0 unspecified atom stereocenters. The Morgan fingerprint density at radius 2 is 1.91 bits per heavy atom. The molecule has 6 nitrogen and oxygen atoms in total. The van der Waals surface area contributed by atoms with Crippen LogP contribution in [0.2, 0.25) is 0 Å². The minimum atomic E-state index is -0.637. The monoisotopic (exact) mass is 300 g/mol. The molecular weight excluding hydrogens is 284 g/mol. The minimum Gasteiger partial charge on any atom is -0.494 e. The molecule has 2 aromatic rings. The second-order valence-electron chi connectivity index (χ2n) is 4.30. The Kier molecular flexibility index (Phi) is 5.48. The fourth-order valence-corrected chi connectivity index (χ4v) is 1.69. The van der Waals surface area contributed by atoms with Crippen molar-refractivity contribution in [1.29, 1.82) is 0 Å². The molecule has 0 atom stereocenters. The van der Waals surface area contributed by atoms with Crippen LogP contribution < -0.4 is 10.1 Å². The van der Waals surface area contributed by atoms with Crippen LogP contribution >= 0.6 is 0 Å². The maximum atomic E-state index is 11.7. The van der Waals surface area contributed by atoms with Gasteiger partial charge in [0.2, 0.25) is 0 Å². The molecule has 0 saturated heterocycles. The molecule has 1 amide bonds. The van der Waals surface area contributed by atoms with Gasteiger partial charge in [0.15, 0.2) is 6.61 Å². The second-order valence-corrected chi connectivity index (χ2v) is 4.30. The highest BCUT2D eigenvalue weighted by molar-refractivity contribution is 5.94. The van der Waals surface area contributed by atoms with Gasteiger partial charge >= 0.3 is 5.97 Å². The average molecular weight is 300 g/mol. The van der Waals surface area contributed by atoms with E-state index < -0.39 is 11.9 Å². The number of amides is 1. The lowest BCUT2D eigenvalue weighted by Crippen LogP contribution is -2.21. The van der Waals surface area contributed by atoms with Gasteiger partial charge in [0.25, 0.3) is 5.91 Å². The molecule has 0 radical (unpaired) electrons. The number of aromatic nitrogens is 1. The van der Waals surface area contributed by atoms with Crippen LogP contribution in [0.25, 0.3) is 0 Å². The molecule has 0 aliphatic rings. The number of nitrogens with one attached hydrogen (secondary N) is 1. The number of ether oxygens (including phenoxy) is 2. The summed E-state index contributed by atoms with van der Waals surface area (Å²) in [5, 5.41) is 2.63. The number of anilines is 1. The maximum Gasteiger partial charge on any atom is 0.357 e. The number of nitrogens with zero attached hydrogens (tertiary/aromatic N) is 1. The van der Waals surface area contributed by atoms with E-state index in [1.807, 2.05) is 6.92 Å². The van der Waals surface area contributed by atoms with Crippen LogP contribution in [0.15, 0.2) is 48.7 Å². The van der Waals surface area contributed by atoms with E-state index in [1.165, 1.54) is 12.3 Å². The number of rotatable bonds is 6. The predicted octanol–water partition coefficient (Wildman–Crippen LogP) is 2.28. The summed E-state index contributed by atoms with van der Waals surface area (Å²) in [4.78, 5) is 27.2. The lowest BCUT2D eigenvalue weighted by molar-refractivity contribution is -0.119. The van der Waals surface area contributed by atoms with Gasteiger partial charge in [0.05, 0.1) is 6.61 Å². The Hall–Kier alpha value is -2.89. The van der Waals surface area contributed by atoms with Gasteiger partial charge in [-0.05, 0) is 43.3 Å².